The van der Waals surface area contributed by atoms with E-state index in [1.54, 1.807) is 22.9 Å². The molecule has 2 aromatic heterocycles. The van der Waals surface area contributed by atoms with E-state index >= 15 is 0 Å². The van der Waals surface area contributed by atoms with Crippen LogP contribution in [0.2, 0.25) is 5.02 Å². The molecule has 0 saturated carbocycles. The summed E-state index contributed by atoms with van der Waals surface area (Å²) >= 11 is 6.00. The second-order valence-corrected chi connectivity index (χ2v) is 6.91. The van der Waals surface area contributed by atoms with Crippen molar-refractivity contribution in [1.82, 2.24) is 19.2 Å². The first-order valence-corrected chi connectivity index (χ1v) is 8.19. The Morgan fingerprint density at radius 3 is 3.00 bits per heavy atom. The summed E-state index contributed by atoms with van der Waals surface area (Å²) in [5.74, 6) is 0.323. The van der Waals surface area contributed by atoms with Gasteiger partial charge in [-0.05, 0) is 19.2 Å². The lowest BCUT2D eigenvalue weighted by atomic mass is 10.1. The molecule has 4 heterocycles. The molecule has 2 bridgehead atoms. The first kappa shape index (κ1) is 14.9. The van der Waals surface area contributed by atoms with E-state index in [9.17, 15) is 4.79 Å². The normalized spacial score (nSPS) is 25.6. The van der Waals surface area contributed by atoms with Crippen LogP contribution in [0.3, 0.4) is 0 Å². The number of pyridine rings is 1. The first-order valence-electron chi connectivity index (χ1n) is 7.81. The van der Waals surface area contributed by atoms with Gasteiger partial charge in [0.1, 0.15) is 11.3 Å². The molecule has 2 aliphatic heterocycles. The van der Waals surface area contributed by atoms with Gasteiger partial charge in [0.25, 0.3) is 5.91 Å². The summed E-state index contributed by atoms with van der Waals surface area (Å²) in [5.41, 5.74) is 1.19. The number of fused-ring (bicyclic) bond motifs is 4. The first-order chi connectivity index (χ1) is 11.1. The number of amides is 1. The summed E-state index contributed by atoms with van der Waals surface area (Å²) in [5, 5.41) is 0.620. The SMILES string of the molecule is CN1C[C@@H]2COC[C@H](C1)N(C(=O)c1cn3cc(Cl)ccc3n1)C2. The summed E-state index contributed by atoms with van der Waals surface area (Å²) in [7, 11) is 2.10. The van der Waals surface area contributed by atoms with Gasteiger partial charge in [-0.3, -0.25) is 4.79 Å². The third-order valence-corrected chi connectivity index (χ3v) is 4.77. The smallest absolute Gasteiger partial charge is 0.274 e. The average Bonchev–Trinajstić information content (AvgIpc) is 2.72. The largest absolute Gasteiger partial charge is 0.379 e. The van der Waals surface area contributed by atoms with Crippen LogP contribution >= 0.6 is 11.6 Å². The second-order valence-electron chi connectivity index (χ2n) is 6.47. The summed E-state index contributed by atoms with van der Waals surface area (Å²) in [6.45, 7) is 3.82. The number of likely N-dealkylation sites (N-methyl/N-ethyl adjacent to an activating group) is 1. The van der Waals surface area contributed by atoms with Gasteiger partial charge >= 0.3 is 0 Å². The van der Waals surface area contributed by atoms with E-state index in [2.05, 4.69) is 16.9 Å². The number of rotatable bonds is 1. The topological polar surface area (TPSA) is 50.1 Å². The van der Waals surface area contributed by atoms with Gasteiger partial charge in [0.2, 0.25) is 0 Å². The quantitative estimate of drug-likeness (QED) is 0.791. The third kappa shape index (κ3) is 2.82. The van der Waals surface area contributed by atoms with Crippen molar-refractivity contribution < 1.29 is 9.53 Å². The van der Waals surface area contributed by atoms with Crippen LogP contribution in [0.5, 0.6) is 0 Å². The molecule has 1 amide bonds. The molecule has 0 spiro atoms. The summed E-state index contributed by atoms with van der Waals surface area (Å²) in [6, 6.07) is 3.67. The summed E-state index contributed by atoms with van der Waals surface area (Å²) in [4.78, 5) is 21.7. The van der Waals surface area contributed by atoms with E-state index in [0.29, 0.717) is 29.8 Å². The molecular weight excluding hydrogens is 316 g/mol. The Kier molecular flexibility index (Phi) is 3.75. The van der Waals surface area contributed by atoms with E-state index in [-0.39, 0.29) is 11.9 Å². The molecule has 0 aliphatic carbocycles. The molecule has 7 heteroatoms. The highest BCUT2D eigenvalue weighted by molar-refractivity contribution is 6.30. The molecule has 2 aromatic rings. The van der Waals surface area contributed by atoms with E-state index in [1.165, 1.54) is 0 Å². The van der Waals surface area contributed by atoms with Gasteiger partial charge in [-0.2, -0.15) is 0 Å². The van der Waals surface area contributed by atoms with Gasteiger partial charge in [0.15, 0.2) is 0 Å². The summed E-state index contributed by atoms with van der Waals surface area (Å²) < 4.78 is 7.53. The highest BCUT2D eigenvalue weighted by atomic mass is 35.5. The van der Waals surface area contributed by atoms with Crippen LogP contribution in [0.1, 0.15) is 10.5 Å². The molecule has 6 nitrogen and oxygen atoms in total. The van der Waals surface area contributed by atoms with Crippen molar-refractivity contribution in [2.45, 2.75) is 6.04 Å². The number of carbonyl (C=O) groups is 1. The molecule has 0 aromatic carbocycles. The molecule has 2 fully saturated rings. The average molecular weight is 335 g/mol. The molecule has 2 saturated heterocycles. The van der Waals surface area contributed by atoms with E-state index in [1.807, 2.05) is 11.0 Å². The monoisotopic (exact) mass is 334 g/mol. The van der Waals surface area contributed by atoms with Crippen molar-refractivity contribution in [2.24, 2.45) is 5.92 Å². The molecule has 0 N–H and O–H groups in total. The minimum atomic E-state index is -0.0272. The van der Waals surface area contributed by atoms with Crippen molar-refractivity contribution in [2.75, 3.05) is 39.9 Å². The van der Waals surface area contributed by atoms with Crippen LogP contribution in [-0.4, -0.2) is 71.0 Å². The Hall–Kier alpha value is -1.63. The molecule has 23 heavy (non-hydrogen) atoms. The Morgan fingerprint density at radius 1 is 1.26 bits per heavy atom. The highest BCUT2D eigenvalue weighted by Crippen LogP contribution is 2.21. The molecule has 122 valence electrons. The number of halogens is 1. The predicted molar refractivity (Wildman–Crippen MR) is 86.8 cm³/mol. The van der Waals surface area contributed by atoms with E-state index in [0.717, 1.165) is 25.3 Å². The Bertz CT molecular complexity index is 747. The number of nitrogens with zero attached hydrogens (tertiary/aromatic N) is 4. The van der Waals surface area contributed by atoms with E-state index in [4.69, 9.17) is 16.3 Å². The molecule has 0 radical (unpaired) electrons. The van der Waals surface area contributed by atoms with E-state index < -0.39 is 0 Å². The van der Waals surface area contributed by atoms with Gasteiger partial charge in [-0.1, -0.05) is 11.6 Å². The highest BCUT2D eigenvalue weighted by Gasteiger charge is 2.35. The minimum Gasteiger partial charge on any atom is -0.379 e. The van der Waals surface area contributed by atoms with Crippen molar-refractivity contribution >= 4 is 23.2 Å². The lowest BCUT2D eigenvalue weighted by Gasteiger charge is -2.29. The fourth-order valence-corrected chi connectivity index (χ4v) is 3.71. The van der Waals surface area contributed by atoms with Crippen molar-refractivity contribution in [1.29, 1.82) is 0 Å². The van der Waals surface area contributed by atoms with Gasteiger partial charge < -0.3 is 18.9 Å². The maximum absolute atomic E-state index is 13.0. The molecule has 0 unspecified atom stereocenters. The van der Waals surface area contributed by atoms with Gasteiger partial charge in [0, 0.05) is 37.9 Å². The molecule has 2 aliphatic rings. The Morgan fingerprint density at radius 2 is 2.13 bits per heavy atom. The Balaban J connectivity index is 1.66. The maximum Gasteiger partial charge on any atom is 0.274 e. The van der Waals surface area contributed by atoms with Crippen molar-refractivity contribution in [3.63, 3.8) is 0 Å². The van der Waals surface area contributed by atoms with Gasteiger partial charge in [-0.25, -0.2) is 4.98 Å². The fraction of sp³-hybridized carbons (Fsp3) is 0.500. The van der Waals surface area contributed by atoms with Crippen LogP contribution in [0.4, 0.5) is 0 Å². The maximum atomic E-state index is 13.0. The lowest BCUT2D eigenvalue weighted by molar-refractivity contribution is 0.0480. The minimum absolute atomic E-state index is 0.0272. The number of aromatic nitrogens is 2. The zero-order chi connectivity index (χ0) is 16.0. The molecule has 4 rings (SSSR count). The fourth-order valence-electron chi connectivity index (χ4n) is 3.54. The zero-order valence-electron chi connectivity index (χ0n) is 13.0. The van der Waals surface area contributed by atoms with Crippen LogP contribution in [0.25, 0.3) is 5.65 Å². The van der Waals surface area contributed by atoms with Crippen molar-refractivity contribution in [3.8, 4) is 0 Å². The second kappa shape index (κ2) is 5.78. The standard InChI is InChI=1S/C16H19ClN4O2/c1-19-4-11-5-21(13(7-19)10-23-9-11)16(22)14-8-20-6-12(17)2-3-15(20)18-14/h2-3,6,8,11,13H,4-5,7,9-10H2,1H3/t11-,13-/m0/s1. The number of carbonyl (C=O) groups excluding carboxylic acids is 1. The number of hydrogen-bond donors (Lipinski definition) is 0. The van der Waals surface area contributed by atoms with Crippen LogP contribution in [0.15, 0.2) is 24.5 Å². The number of hydrogen-bond acceptors (Lipinski definition) is 4. The third-order valence-electron chi connectivity index (χ3n) is 4.55. The lowest BCUT2D eigenvalue weighted by Crippen LogP contribution is -2.46. The van der Waals surface area contributed by atoms with Crippen LogP contribution in [-0.2, 0) is 4.74 Å². The molecule has 2 atom stereocenters. The van der Waals surface area contributed by atoms with Gasteiger partial charge in [0.05, 0.1) is 24.3 Å². The Labute approximate surface area is 139 Å². The number of ether oxygens (including phenoxy) is 1. The van der Waals surface area contributed by atoms with Crippen molar-refractivity contribution in [3.05, 3.63) is 35.2 Å². The predicted octanol–water partition coefficient (Wildman–Crippen LogP) is 1.39. The van der Waals surface area contributed by atoms with Gasteiger partial charge in [-0.15, -0.1) is 0 Å². The summed E-state index contributed by atoms with van der Waals surface area (Å²) in [6.07, 6.45) is 3.52. The zero-order valence-corrected chi connectivity index (χ0v) is 13.7. The number of imidazole rings is 1. The molecular formula is C16H19ClN4O2. The van der Waals surface area contributed by atoms with Crippen LogP contribution in [0, 0.1) is 5.92 Å². The van der Waals surface area contributed by atoms with Crippen LogP contribution < -0.4 is 0 Å².